The van der Waals surface area contributed by atoms with Crippen LogP contribution in [0.15, 0.2) is 146 Å². The fourth-order valence-electron chi connectivity index (χ4n) is 5.80. The van der Waals surface area contributed by atoms with Crippen molar-refractivity contribution in [2.24, 2.45) is 0 Å². The van der Waals surface area contributed by atoms with Gasteiger partial charge in [0, 0.05) is 45.7 Å². The van der Waals surface area contributed by atoms with Gasteiger partial charge in [0.05, 0.1) is 22.8 Å². The molecule has 1 aliphatic rings. The van der Waals surface area contributed by atoms with Crippen LogP contribution in [0.1, 0.15) is 0 Å². The minimum absolute atomic E-state index is 0.699. The van der Waals surface area contributed by atoms with Crippen LogP contribution in [0, 0.1) is 0 Å². The van der Waals surface area contributed by atoms with Crippen LogP contribution in [-0.2, 0) is 0 Å². The lowest BCUT2D eigenvalue weighted by molar-refractivity contribution is 1.18. The lowest BCUT2D eigenvalue weighted by Gasteiger charge is -2.33. The number of para-hydroxylation sites is 1. The highest BCUT2D eigenvalue weighted by Gasteiger charge is 2.27. The van der Waals surface area contributed by atoms with E-state index in [-0.39, 0.29) is 0 Å². The summed E-state index contributed by atoms with van der Waals surface area (Å²) in [6.45, 7) is 0. The van der Waals surface area contributed by atoms with Gasteiger partial charge in [0.1, 0.15) is 0 Å². The zero-order chi connectivity index (χ0) is 27.2. The molecule has 41 heavy (non-hydrogen) atoms. The lowest BCUT2D eigenvalue weighted by atomic mass is 9.90. The Balaban J connectivity index is 1.38. The van der Waals surface area contributed by atoms with E-state index >= 15 is 0 Å². The first-order chi connectivity index (χ1) is 20.3. The first kappa shape index (κ1) is 23.3. The maximum atomic E-state index is 5.10. The summed E-state index contributed by atoms with van der Waals surface area (Å²) in [5.41, 5.74) is 10.5. The second kappa shape index (κ2) is 9.54. The summed E-state index contributed by atoms with van der Waals surface area (Å²) in [5, 5.41) is 2.34. The van der Waals surface area contributed by atoms with Gasteiger partial charge in [0.2, 0.25) is 0 Å². The van der Waals surface area contributed by atoms with Gasteiger partial charge in [-0.2, -0.15) is 0 Å². The van der Waals surface area contributed by atoms with Crippen LogP contribution in [0.25, 0.3) is 55.8 Å². The first-order valence-corrected chi connectivity index (χ1v) is 13.7. The molecule has 4 heteroatoms. The molecule has 0 bridgehead atoms. The van der Waals surface area contributed by atoms with E-state index < -0.39 is 0 Å². The molecule has 0 N–H and O–H groups in total. The molecule has 7 aromatic rings. The number of fused-ring (bicyclic) bond motifs is 2. The Labute approximate surface area is 238 Å². The Morgan fingerprint density at radius 2 is 1.15 bits per heavy atom. The van der Waals surface area contributed by atoms with Crippen molar-refractivity contribution in [3.8, 4) is 45.0 Å². The smallest absolute Gasteiger partial charge is 0.160 e. The topological polar surface area (TPSA) is 41.9 Å². The van der Waals surface area contributed by atoms with Crippen LogP contribution in [0.4, 0.5) is 17.1 Å². The number of hydrogen-bond acceptors (Lipinski definition) is 4. The van der Waals surface area contributed by atoms with Crippen molar-refractivity contribution in [3.05, 3.63) is 146 Å². The van der Waals surface area contributed by atoms with Crippen LogP contribution < -0.4 is 4.90 Å². The van der Waals surface area contributed by atoms with E-state index in [1.54, 1.807) is 0 Å². The molecular formula is C37H24N4. The van der Waals surface area contributed by atoms with Gasteiger partial charge >= 0.3 is 0 Å². The molecule has 1 aliphatic heterocycles. The van der Waals surface area contributed by atoms with Gasteiger partial charge in [-0.25, -0.2) is 9.97 Å². The van der Waals surface area contributed by atoms with E-state index in [2.05, 4.69) is 107 Å². The van der Waals surface area contributed by atoms with Gasteiger partial charge in [-0.05, 0) is 53.4 Å². The molecular weight excluding hydrogens is 500 g/mol. The third kappa shape index (κ3) is 3.97. The Morgan fingerprint density at radius 3 is 1.83 bits per heavy atom. The molecule has 0 aliphatic carbocycles. The number of nitrogens with zero attached hydrogens (tertiary/aromatic N) is 4. The van der Waals surface area contributed by atoms with E-state index in [1.807, 2.05) is 48.8 Å². The molecule has 0 fully saturated rings. The number of aromatic nitrogens is 3. The zero-order valence-corrected chi connectivity index (χ0v) is 22.1. The summed E-state index contributed by atoms with van der Waals surface area (Å²) in [5.74, 6) is 0.699. The van der Waals surface area contributed by atoms with E-state index in [9.17, 15) is 0 Å². The van der Waals surface area contributed by atoms with Crippen LogP contribution in [0.5, 0.6) is 0 Å². The van der Waals surface area contributed by atoms with Crippen LogP contribution in [0.3, 0.4) is 0 Å². The van der Waals surface area contributed by atoms with Gasteiger partial charge in [-0.15, -0.1) is 0 Å². The highest BCUT2D eigenvalue weighted by molar-refractivity contribution is 6.14. The molecule has 0 atom stereocenters. The summed E-state index contributed by atoms with van der Waals surface area (Å²) in [6, 6.07) is 46.2. The van der Waals surface area contributed by atoms with Crippen molar-refractivity contribution in [1.82, 2.24) is 15.0 Å². The van der Waals surface area contributed by atoms with Crippen molar-refractivity contribution < 1.29 is 0 Å². The molecule has 0 saturated carbocycles. The molecule has 2 aromatic heterocycles. The Bertz CT molecular complexity index is 1980. The fourth-order valence-corrected chi connectivity index (χ4v) is 5.80. The quantitative estimate of drug-likeness (QED) is 0.230. The van der Waals surface area contributed by atoms with Gasteiger partial charge < -0.3 is 4.90 Å². The molecule has 0 spiro atoms. The third-order valence-electron chi connectivity index (χ3n) is 7.66. The summed E-state index contributed by atoms with van der Waals surface area (Å²) in [6.07, 6.45) is 3.83. The molecule has 0 unspecified atom stereocenters. The van der Waals surface area contributed by atoms with Gasteiger partial charge in [0.15, 0.2) is 5.82 Å². The van der Waals surface area contributed by atoms with E-state index in [0.29, 0.717) is 5.82 Å². The predicted molar refractivity (Wildman–Crippen MR) is 167 cm³/mol. The molecule has 5 aromatic carbocycles. The fraction of sp³-hybridized carbons (Fsp3) is 0. The first-order valence-electron chi connectivity index (χ1n) is 13.7. The van der Waals surface area contributed by atoms with Crippen molar-refractivity contribution in [1.29, 1.82) is 0 Å². The van der Waals surface area contributed by atoms with Gasteiger partial charge in [-0.3, -0.25) is 4.98 Å². The number of anilines is 3. The molecule has 0 radical (unpaired) electrons. The monoisotopic (exact) mass is 524 g/mol. The summed E-state index contributed by atoms with van der Waals surface area (Å²) in [7, 11) is 0. The zero-order valence-electron chi connectivity index (χ0n) is 22.1. The van der Waals surface area contributed by atoms with Crippen LogP contribution >= 0.6 is 0 Å². The average molecular weight is 525 g/mol. The third-order valence-corrected chi connectivity index (χ3v) is 7.66. The highest BCUT2D eigenvalue weighted by Crippen LogP contribution is 2.51. The summed E-state index contributed by atoms with van der Waals surface area (Å²) < 4.78 is 0. The van der Waals surface area contributed by atoms with Crippen molar-refractivity contribution in [3.63, 3.8) is 0 Å². The Hall–Kier alpha value is -5.61. The Kier molecular flexibility index (Phi) is 5.42. The predicted octanol–water partition coefficient (Wildman–Crippen LogP) is 9.48. The molecule has 3 heterocycles. The maximum Gasteiger partial charge on any atom is 0.160 e. The minimum atomic E-state index is 0.699. The van der Waals surface area contributed by atoms with Crippen LogP contribution in [0.2, 0.25) is 0 Å². The minimum Gasteiger partial charge on any atom is -0.309 e. The van der Waals surface area contributed by atoms with Crippen molar-refractivity contribution in [2.75, 3.05) is 4.90 Å². The summed E-state index contributed by atoms with van der Waals surface area (Å²) >= 11 is 0. The molecule has 4 nitrogen and oxygen atoms in total. The van der Waals surface area contributed by atoms with Crippen LogP contribution in [-0.4, -0.2) is 15.0 Å². The summed E-state index contributed by atoms with van der Waals surface area (Å²) in [4.78, 5) is 17.1. The van der Waals surface area contributed by atoms with Gasteiger partial charge in [0.25, 0.3) is 0 Å². The SMILES string of the molecule is c1ccc(-c2cc(-c3ccccc3)nc(-c3cc4c5c(cccc5c3)N(c3ccccc3)c3ccncc3-4)n2)cc1. The highest BCUT2D eigenvalue weighted by atomic mass is 15.2. The van der Waals surface area contributed by atoms with E-state index in [4.69, 9.17) is 9.97 Å². The van der Waals surface area contributed by atoms with Crippen molar-refractivity contribution >= 4 is 27.8 Å². The molecule has 8 rings (SSSR count). The second-order valence-corrected chi connectivity index (χ2v) is 10.2. The van der Waals surface area contributed by atoms with E-state index in [0.717, 1.165) is 61.7 Å². The van der Waals surface area contributed by atoms with E-state index in [1.165, 1.54) is 5.39 Å². The normalized spacial score (nSPS) is 11.9. The van der Waals surface area contributed by atoms with Gasteiger partial charge in [-0.1, -0.05) is 91.0 Å². The second-order valence-electron chi connectivity index (χ2n) is 10.2. The van der Waals surface area contributed by atoms with Crippen molar-refractivity contribution in [2.45, 2.75) is 0 Å². The molecule has 0 amide bonds. The standard InChI is InChI=1S/C37H24N4/c1-4-11-25(12-5-1)32-23-33(26-13-6-2-7-14-26)40-37(39-32)28-21-27-15-10-18-35-36(27)30(22-28)31-24-38-20-19-34(31)41(35)29-16-8-3-9-17-29/h1-24H. The average Bonchev–Trinajstić information content (AvgIpc) is 3.06. The number of rotatable bonds is 4. The Morgan fingerprint density at radius 1 is 0.488 bits per heavy atom. The molecule has 0 saturated heterocycles. The number of hydrogen-bond donors (Lipinski definition) is 0. The number of pyridine rings is 1. The lowest BCUT2D eigenvalue weighted by Crippen LogP contribution is -2.15. The number of benzene rings is 5. The molecule has 192 valence electrons. The largest absolute Gasteiger partial charge is 0.309 e. The maximum absolute atomic E-state index is 5.10.